The number of thiophene rings is 1. The predicted octanol–water partition coefficient (Wildman–Crippen LogP) is 3.98. The number of benzene rings is 1. The molecule has 0 atom stereocenters. The molecule has 2 aromatic rings. The van der Waals surface area contributed by atoms with E-state index in [1.165, 1.54) is 17.4 Å². The van der Waals surface area contributed by atoms with Crippen LogP contribution in [0.4, 0.5) is 4.39 Å². The minimum atomic E-state index is -0.361. The lowest BCUT2D eigenvalue weighted by Crippen LogP contribution is -2.01. The molecule has 5 heteroatoms. The molecule has 16 heavy (non-hydrogen) atoms. The first-order valence-corrected chi connectivity index (χ1v) is 6.28. The number of ether oxygens (including phenoxy) is 1. The van der Waals surface area contributed by atoms with Gasteiger partial charge < -0.3 is 4.74 Å². The Bertz CT molecular complexity index is 511. The normalized spacial score (nSPS) is 10.7. The summed E-state index contributed by atoms with van der Waals surface area (Å²) in [7, 11) is 0. The fourth-order valence-electron chi connectivity index (χ4n) is 1.34. The van der Waals surface area contributed by atoms with E-state index in [4.69, 9.17) is 4.74 Å². The second-order valence-electron chi connectivity index (χ2n) is 3.14. The molecule has 2 rings (SSSR count). The van der Waals surface area contributed by atoms with Gasteiger partial charge in [-0.15, -0.1) is 11.3 Å². The number of hydrogen-bond donors (Lipinski definition) is 0. The van der Waals surface area contributed by atoms with Crippen LogP contribution in [0.2, 0.25) is 0 Å². The second-order valence-corrected chi connectivity index (χ2v) is 5.07. The van der Waals surface area contributed by atoms with Crippen LogP contribution in [0.3, 0.4) is 0 Å². The Morgan fingerprint density at radius 3 is 2.94 bits per heavy atom. The van der Waals surface area contributed by atoms with Crippen LogP contribution in [0.25, 0.3) is 10.1 Å². The van der Waals surface area contributed by atoms with Crippen LogP contribution < -0.4 is 0 Å². The molecule has 1 aromatic heterocycles. The van der Waals surface area contributed by atoms with E-state index in [2.05, 4.69) is 15.9 Å². The van der Waals surface area contributed by atoms with Crippen molar-refractivity contribution in [1.29, 1.82) is 0 Å². The summed E-state index contributed by atoms with van der Waals surface area (Å²) in [6.45, 7) is 2.09. The molecule has 0 aliphatic rings. The van der Waals surface area contributed by atoms with Gasteiger partial charge in [0.25, 0.3) is 0 Å². The molecule has 0 saturated heterocycles. The van der Waals surface area contributed by atoms with Crippen LogP contribution in [0.5, 0.6) is 0 Å². The first-order chi connectivity index (χ1) is 7.61. The lowest BCUT2D eigenvalue weighted by molar-refractivity contribution is 0.0532. The van der Waals surface area contributed by atoms with Gasteiger partial charge in [0.15, 0.2) is 0 Å². The van der Waals surface area contributed by atoms with Crippen LogP contribution in [0.15, 0.2) is 22.7 Å². The quantitative estimate of drug-likeness (QED) is 0.784. The van der Waals surface area contributed by atoms with Crippen molar-refractivity contribution in [3.8, 4) is 0 Å². The van der Waals surface area contributed by atoms with Gasteiger partial charge in [0.05, 0.1) is 11.1 Å². The van der Waals surface area contributed by atoms with E-state index in [0.717, 1.165) is 10.1 Å². The zero-order valence-corrected chi connectivity index (χ0v) is 10.8. The summed E-state index contributed by atoms with van der Waals surface area (Å²) in [4.78, 5) is 12.0. The summed E-state index contributed by atoms with van der Waals surface area (Å²) in [6.07, 6.45) is 0. The smallest absolute Gasteiger partial charge is 0.348 e. The highest BCUT2D eigenvalue weighted by molar-refractivity contribution is 9.10. The van der Waals surface area contributed by atoms with Gasteiger partial charge in [-0.05, 0) is 46.4 Å². The first-order valence-electron chi connectivity index (χ1n) is 4.67. The van der Waals surface area contributed by atoms with Crippen molar-refractivity contribution in [2.24, 2.45) is 0 Å². The molecule has 0 N–H and O–H groups in total. The maximum absolute atomic E-state index is 13.3. The molecule has 1 heterocycles. The maximum Gasteiger partial charge on any atom is 0.348 e. The fourth-order valence-corrected chi connectivity index (χ4v) is 2.66. The average molecular weight is 303 g/mol. The van der Waals surface area contributed by atoms with E-state index < -0.39 is 0 Å². The van der Waals surface area contributed by atoms with E-state index in [9.17, 15) is 9.18 Å². The number of carbonyl (C=O) groups excluding carboxylic acids is 1. The van der Waals surface area contributed by atoms with Crippen LogP contribution in [0.1, 0.15) is 16.6 Å². The minimum Gasteiger partial charge on any atom is -0.462 e. The second kappa shape index (κ2) is 4.51. The molecule has 0 aliphatic heterocycles. The molecule has 0 fully saturated rings. The third-order valence-electron chi connectivity index (χ3n) is 2.04. The number of carbonyl (C=O) groups is 1. The number of rotatable bonds is 2. The van der Waals surface area contributed by atoms with Crippen molar-refractivity contribution in [2.75, 3.05) is 6.61 Å². The number of fused-ring (bicyclic) bond motifs is 1. The number of hydrogen-bond acceptors (Lipinski definition) is 3. The Kier molecular flexibility index (Phi) is 3.25. The highest BCUT2D eigenvalue weighted by Crippen LogP contribution is 2.30. The average Bonchev–Trinajstić information content (AvgIpc) is 2.62. The summed E-state index contributed by atoms with van der Waals surface area (Å²) >= 11 is 4.34. The summed E-state index contributed by atoms with van der Waals surface area (Å²) < 4.78 is 19.3. The summed E-state index contributed by atoms with van der Waals surface area (Å²) in [5.74, 6) is -0.690. The zero-order chi connectivity index (χ0) is 11.7. The van der Waals surface area contributed by atoms with Gasteiger partial charge in [0.1, 0.15) is 10.7 Å². The molecule has 0 aliphatic carbocycles. The Morgan fingerprint density at radius 2 is 2.25 bits per heavy atom. The lowest BCUT2D eigenvalue weighted by Gasteiger charge is -1.95. The zero-order valence-electron chi connectivity index (χ0n) is 8.42. The first kappa shape index (κ1) is 11.5. The van der Waals surface area contributed by atoms with E-state index in [-0.39, 0.29) is 11.8 Å². The monoisotopic (exact) mass is 302 g/mol. The van der Waals surface area contributed by atoms with Gasteiger partial charge in [-0.3, -0.25) is 0 Å². The van der Waals surface area contributed by atoms with E-state index in [1.807, 2.05) is 0 Å². The van der Waals surface area contributed by atoms with Gasteiger partial charge in [0.2, 0.25) is 0 Å². The van der Waals surface area contributed by atoms with Crippen molar-refractivity contribution in [2.45, 2.75) is 6.92 Å². The highest BCUT2D eigenvalue weighted by atomic mass is 79.9. The molecule has 2 nitrogen and oxygen atoms in total. The van der Waals surface area contributed by atoms with Crippen LogP contribution in [-0.2, 0) is 4.74 Å². The molecule has 0 saturated carbocycles. The Labute approximate surface area is 104 Å². The van der Waals surface area contributed by atoms with Gasteiger partial charge >= 0.3 is 5.97 Å². The van der Waals surface area contributed by atoms with Crippen molar-refractivity contribution < 1.29 is 13.9 Å². The number of halogens is 2. The SMILES string of the molecule is CCOC(=O)c1cc2cc(Br)c(F)cc2s1. The third-order valence-corrected chi connectivity index (χ3v) is 3.72. The summed E-state index contributed by atoms with van der Waals surface area (Å²) in [5, 5.41) is 0.835. The van der Waals surface area contributed by atoms with Crippen LogP contribution in [0, 0.1) is 5.82 Å². The molecular weight excluding hydrogens is 295 g/mol. The minimum absolute atomic E-state index is 0.329. The highest BCUT2D eigenvalue weighted by Gasteiger charge is 2.12. The predicted molar refractivity (Wildman–Crippen MR) is 65.4 cm³/mol. The van der Waals surface area contributed by atoms with E-state index in [0.29, 0.717) is 16.0 Å². The van der Waals surface area contributed by atoms with Crippen molar-refractivity contribution in [3.63, 3.8) is 0 Å². The summed E-state index contributed by atoms with van der Waals surface area (Å²) in [6, 6.07) is 4.78. The van der Waals surface area contributed by atoms with Crippen molar-refractivity contribution in [1.82, 2.24) is 0 Å². The molecule has 0 radical (unpaired) electrons. The van der Waals surface area contributed by atoms with Crippen LogP contribution in [-0.4, -0.2) is 12.6 Å². The van der Waals surface area contributed by atoms with Gasteiger partial charge in [-0.1, -0.05) is 0 Å². The fraction of sp³-hybridized carbons (Fsp3) is 0.182. The maximum atomic E-state index is 13.3. The third kappa shape index (κ3) is 2.10. The Hall–Kier alpha value is -0.940. The number of esters is 1. The van der Waals surface area contributed by atoms with Gasteiger partial charge in [0, 0.05) is 4.70 Å². The van der Waals surface area contributed by atoms with Crippen molar-refractivity contribution >= 4 is 43.3 Å². The molecule has 0 amide bonds. The topological polar surface area (TPSA) is 26.3 Å². The Morgan fingerprint density at radius 1 is 1.50 bits per heavy atom. The van der Waals surface area contributed by atoms with Crippen molar-refractivity contribution in [3.05, 3.63) is 33.4 Å². The molecule has 0 spiro atoms. The standard InChI is InChI=1S/C11H8BrFO2S/c1-2-15-11(14)10-4-6-3-7(12)8(13)5-9(6)16-10/h3-5H,2H2,1H3. The molecule has 0 bridgehead atoms. The summed E-state index contributed by atoms with van der Waals surface area (Å²) in [5.41, 5.74) is 0. The van der Waals surface area contributed by atoms with E-state index in [1.54, 1.807) is 19.1 Å². The molecule has 1 aromatic carbocycles. The van der Waals surface area contributed by atoms with E-state index >= 15 is 0 Å². The lowest BCUT2D eigenvalue weighted by atomic mass is 10.2. The van der Waals surface area contributed by atoms with Gasteiger partial charge in [-0.2, -0.15) is 0 Å². The molecular formula is C11H8BrFO2S. The van der Waals surface area contributed by atoms with Crippen LogP contribution >= 0.6 is 27.3 Å². The van der Waals surface area contributed by atoms with Gasteiger partial charge in [-0.25, -0.2) is 9.18 Å². The molecule has 0 unspecified atom stereocenters. The molecule has 84 valence electrons. The largest absolute Gasteiger partial charge is 0.462 e. The Balaban J connectivity index is 2.48.